The van der Waals surface area contributed by atoms with Gasteiger partial charge in [-0.15, -0.1) is 0 Å². The number of benzene rings is 3. The van der Waals surface area contributed by atoms with E-state index in [2.05, 4.69) is 5.32 Å². The molecule has 224 valence electrons. The first-order valence-corrected chi connectivity index (χ1v) is 15.9. The molecule has 3 aromatic carbocycles. The van der Waals surface area contributed by atoms with Crippen LogP contribution in [0.5, 0.6) is 5.75 Å². The summed E-state index contributed by atoms with van der Waals surface area (Å²) in [5, 5.41) is 3.48. The van der Waals surface area contributed by atoms with Crippen molar-refractivity contribution in [2.45, 2.75) is 70.0 Å². The summed E-state index contributed by atoms with van der Waals surface area (Å²) in [5.41, 5.74) is 2.98. The summed E-state index contributed by atoms with van der Waals surface area (Å²) < 4.78 is 34.4. The number of sulfonamides is 1. The summed E-state index contributed by atoms with van der Waals surface area (Å²) in [4.78, 5) is 29.0. The minimum absolute atomic E-state index is 0.00398. The van der Waals surface area contributed by atoms with Crippen molar-refractivity contribution in [3.05, 3.63) is 88.4 Å². The average Bonchev–Trinajstić information content (AvgIpc) is 3.49. The van der Waals surface area contributed by atoms with Crippen molar-refractivity contribution < 1.29 is 22.7 Å². The number of amides is 2. The Morgan fingerprint density at radius 3 is 2.33 bits per heavy atom. The third kappa shape index (κ3) is 7.44. The summed E-state index contributed by atoms with van der Waals surface area (Å²) >= 11 is 6.03. The summed E-state index contributed by atoms with van der Waals surface area (Å²) in [5.74, 6) is -0.163. The van der Waals surface area contributed by atoms with Gasteiger partial charge in [0.05, 0.1) is 17.7 Å². The van der Waals surface area contributed by atoms with Gasteiger partial charge in [-0.3, -0.25) is 13.9 Å². The van der Waals surface area contributed by atoms with E-state index in [1.54, 1.807) is 38.3 Å². The van der Waals surface area contributed by atoms with E-state index in [1.165, 1.54) is 29.2 Å². The zero-order chi connectivity index (χ0) is 30.4. The molecule has 0 aliphatic heterocycles. The number of carbonyl (C=O) groups excluding carboxylic acids is 2. The lowest BCUT2D eigenvalue weighted by molar-refractivity contribution is -0.139. The maximum Gasteiger partial charge on any atom is 0.264 e. The Morgan fingerprint density at radius 2 is 1.69 bits per heavy atom. The van der Waals surface area contributed by atoms with Crippen LogP contribution in [-0.2, 0) is 26.2 Å². The number of aryl methyl sites for hydroxylation is 2. The quantitative estimate of drug-likeness (QED) is 0.303. The first-order valence-electron chi connectivity index (χ1n) is 14.1. The van der Waals surface area contributed by atoms with Crippen LogP contribution >= 0.6 is 11.6 Å². The van der Waals surface area contributed by atoms with Gasteiger partial charge in [0.25, 0.3) is 10.0 Å². The SMILES string of the molecule is COc1cccc(CN(C(=O)CN(c2ccc(C)c(C)c2)S(=O)(=O)c2ccc(Cl)cc2)C(C)C(=O)NC2CCCC2)c1. The molecule has 42 heavy (non-hydrogen) atoms. The average molecular weight is 612 g/mol. The second-order valence-corrected chi connectivity index (χ2v) is 13.1. The van der Waals surface area contributed by atoms with Gasteiger partial charge < -0.3 is 15.0 Å². The Hall–Kier alpha value is -3.56. The van der Waals surface area contributed by atoms with Crippen LogP contribution in [0.1, 0.15) is 49.3 Å². The number of ether oxygens (including phenoxy) is 1. The molecule has 1 fully saturated rings. The predicted molar refractivity (Wildman–Crippen MR) is 165 cm³/mol. The number of hydrogen-bond donors (Lipinski definition) is 1. The highest BCUT2D eigenvalue weighted by atomic mass is 35.5. The monoisotopic (exact) mass is 611 g/mol. The number of carbonyl (C=O) groups is 2. The van der Waals surface area contributed by atoms with Gasteiger partial charge in [-0.1, -0.05) is 42.6 Å². The molecule has 3 aromatic rings. The zero-order valence-electron chi connectivity index (χ0n) is 24.5. The molecule has 1 atom stereocenters. The van der Waals surface area contributed by atoms with Crippen LogP contribution < -0.4 is 14.4 Å². The lowest BCUT2D eigenvalue weighted by Crippen LogP contribution is -2.52. The molecular formula is C32H38ClN3O5S. The van der Waals surface area contributed by atoms with E-state index in [4.69, 9.17) is 16.3 Å². The Morgan fingerprint density at radius 1 is 1.00 bits per heavy atom. The molecule has 0 bridgehead atoms. The van der Waals surface area contributed by atoms with Crippen LogP contribution in [0.2, 0.25) is 5.02 Å². The first kappa shape index (κ1) is 31.4. The molecule has 10 heteroatoms. The smallest absolute Gasteiger partial charge is 0.264 e. The Balaban J connectivity index is 1.71. The first-order chi connectivity index (χ1) is 20.0. The molecule has 8 nitrogen and oxygen atoms in total. The molecule has 4 rings (SSSR count). The molecule has 0 aromatic heterocycles. The molecule has 1 N–H and O–H groups in total. The van der Waals surface area contributed by atoms with Crippen molar-refractivity contribution >= 4 is 39.1 Å². The van der Waals surface area contributed by atoms with Crippen molar-refractivity contribution in [3.63, 3.8) is 0 Å². The van der Waals surface area contributed by atoms with Crippen LogP contribution in [0.15, 0.2) is 71.6 Å². The van der Waals surface area contributed by atoms with E-state index in [0.29, 0.717) is 16.5 Å². The van der Waals surface area contributed by atoms with Crippen LogP contribution in [-0.4, -0.2) is 50.9 Å². The highest BCUT2D eigenvalue weighted by Crippen LogP contribution is 2.28. The fraction of sp³-hybridized carbons (Fsp3) is 0.375. The van der Waals surface area contributed by atoms with Gasteiger partial charge in [0, 0.05) is 17.6 Å². The molecule has 0 saturated heterocycles. The van der Waals surface area contributed by atoms with Crippen LogP contribution in [0.4, 0.5) is 5.69 Å². The van der Waals surface area contributed by atoms with Crippen LogP contribution in [0.25, 0.3) is 0 Å². The maximum absolute atomic E-state index is 14.1. The number of rotatable bonds is 11. The van der Waals surface area contributed by atoms with Gasteiger partial charge in [0.1, 0.15) is 18.3 Å². The maximum atomic E-state index is 14.1. The van der Waals surface area contributed by atoms with Gasteiger partial charge in [-0.05, 0) is 98.8 Å². The summed E-state index contributed by atoms with van der Waals surface area (Å²) in [7, 11) is -2.61. The molecule has 1 aliphatic carbocycles. The van der Waals surface area contributed by atoms with Crippen molar-refractivity contribution in [3.8, 4) is 5.75 Å². The third-order valence-electron chi connectivity index (χ3n) is 7.81. The van der Waals surface area contributed by atoms with E-state index in [-0.39, 0.29) is 23.4 Å². The van der Waals surface area contributed by atoms with E-state index >= 15 is 0 Å². The topological polar surface area (TPSA) is 96.0 Å². The van der Waals surface area contributed by atoms with E-state index < -0.39 is 28.5 Å². The summed E-state index contributed by atoms with van der Waals surface area (Å²) in [6.07, 6.45) is 3.92. The van der Waals surface area contributed by atoms with Crippen LogP contribution in [0, 0.1) is 13.8 Å². The lowest BCUT2D eigenvalue weighted by atomic mass is 10.1. The number of methoxy groups -OCH3 is 1. The molecule has 1 aliphatic rings. The molecule has 0 heterocycles. The van der Waals surface area contributed by atoms with E-state index in [0.717, 1.165) is 46.7 Å². The number of nitrogens with zero attached hydrogens (tertiary/aromatic N) is 2. The van der Waals surface area contributed by atoms with Crippen LogP contribution in [0.3, 0.4) is 0 Å². The minimum atomic E-state index is -4.17. The molecule has 1 unspecified atom stereocenters. The zero-order valence-corrected chi connectivity index (χ0v) is 26.0. The fourth-order valence-electron chi connectivity index (χ4n) is 5.09. The standard InChI is InChI=1S/C32H38ClN3O5S/c1-22-12-15-28(18-23(22)2)36(42(39,40)30-16-13-26(33)14-17-30)21-31(37)35(20-25-8-7-11-29(19-25)41-4)24(3)32(38)34-27-9-5-6-10-27/h7-8,11-19,24,27H,5-6,9-10,20-21H2,1-4H3,(H,34,38). The number of hydrogen-bond acceptors (Lipinski definition) is 5. The van der Waals surface area contributed by atoms with Gasteiger partial charge in [-0.2, -0.15) is 0 Å². The second kappa shape index (κ2) is 13.6. The van der Waals surface area contributed by atoms with E-state index in [1.807, 2.05) is 32.0 Å². The normalized spacial score (nSPS) is 14.3. The fourth-order valence-corrected chi connectivity index (χ4v) is 6.62. The molecular weight excluding hydrogens is 574 g/mol. The number of anilines is 1. The largest absolute Gasteiger partial charge is 0.497 e. The van der Waals surface area contributed by atoms with E-state index in [9.17, 15) is 18.0 Å². The predicted octanol–water partition coefficient (Wildman–Crippen LogP) is 5.64. The minimum Gasteiger partial charge on any atom is -0.497 e. The van der Waals surface area contributed by atoms with Gasteiger partial charge in [0.2, 0.25) is 11.8 Å². The van der Waals surface area contributed by atoms with Crippen molar-refractivity contribution in [2.24, 2.45) is 0 Å². The highest BCUT2D eigenvalue weighted by molar-refractivity contribution is 7.92. The van der Waals surface area contributed by atoms with Crippen molar-refractivity contribution in [1.82, 2.24) is 10.2 Å². The van der Waals surface area contributed by atoms with Crippen molar-refractivity contribution in [2.75, 3.05) is 18.0 Å². The Labute approximate surface area is 253 Å². The van der Waals surface area contributed by atoms with Gasteiger partial charge in [0.15, 0.2) is 0 Å². The second-order valence-electron chi connectivity index (χ2n) is 10.8. The van der Waals surface area contributed by atoms with Gasteiger partial charge >= 0.3 is 0 Å². The number of halogens is 1. The number of nitrogens with one attached hydrogen (secondary N) is 1. The molecule has 0 spiro atoms. The molecule has 2 amide bonds. The van der Waals surface area contributed by atoms with Crippen molar-refractivity contribution in [1.29, 1.82) is 0 Å². The Bertz CT molecular complexity index is 1520. The third-order valence-corrected chi connectivity index (χ3v) is 9.85. The summed E-state index contributed by atoms with van der Waals surface area (Å²) in [6, 6.07) is 17.6. The summed E-state index contributed by atoms with van der Waals surface area (Å²) in [6.45, 7) is 5.09. The molecule has 0 radical (unpaired) electrons. The molecule has 1 saturated carbocycles. The lowest BCUT2D eigenvalue weighted by Gasteiger charge is -2.32. The highest BCUT2D eigenvalue weighted by Gasteiger charge is 2.33. The Kier molecular flexibility index (Phi) is 10.2. The van der Waals surface area contributed by atoms with Gasteiger partial charge in [-0.25, -0.2) is 8.42 Å².